The Balaban J connectivity index is 1.90. The molecule has 0 aliphatic carbocycles. The van der Waals surface area contributed by atoms with Gasteiger partial charge in [-0.15, -0.1) is 0 Å². The molecule has 0 bridgehead atoms. The van der Waals surface area contributed by atoms with Crippen molar-refractivity contribution in [3.8, 4) is 5.75 Å². The highest BCUT2D eigenvalue weighted by Crippen LogP contribution is 2.13. The molecule has 7 heteroatoms. The summed E-state index contributed by atoms with van der Waals surface area (Å²) in [4.78, 5) is 0. The molecule has 0 fully saturated rings. The average molecular weight is 342 g/mol. The summed E-state index contributed by atoms with van der Waals surface area (Å²) in [5.74, 6) is -2.64. The van der Waals surface area contributed by atoms with E-state index in [9.17, 15) is 22.3 Å². The topological polar surface area (TPSA) is 63.6 Å². The third-order valence-electron chi connectivity index (χ3n) is 3.00. The van der Waals surface area contributed by atoms with Crippen LogP contribution in [0.15, 0.2) is 48.5 Å². The number of halogens is 2. The molecule has 2 rings (SSSR count). The minimum atomic E-state index is -3.69. The number of sulfone groups is 1. The fraction of sp³-hybridized carbons (Fsp3) is 0.250. The highest BCUT2D eigenvalue weighted by Gasteiger charge is 2.19. The van der Waals surface area contributed by atoms with Crippen molar-refractivity contribution in [2.75, 3.05) is 12.4 Å². The summed E-state index contributed by atoms with van der Waals surface area (Å²) >= 11 is 0. The van der Waals surface area contributed by atoms with Crippen molar-refractivity contribution in [3.63, 3.8) is 0 Å². The summed E-state index contributed by atoms with van der Waals surface area (Å²) in [6, 6.07) is 11.6. The molecule has 2 aromatic rings. The number of aliphatic hydroxyl groups is 1. The Morgan fingerprint density at radius 3 is 2.39 bits per heavy atom. The van der Waals surface area contributed by atoms with Gasteiger partial charge in [0.2, 0.25) is 0 Å². The van der Waals surface area contributed by atoms with Gasteiger partial charge in [-0.1, -0.05) is 24.3 Å². The monoisotopic (exact) mass is 342 g/mol. The zero-order chi connectivity index (χ0) is 16.9. The molecule has 2 aromatic carbocycles. The highest BCUT2D eigenvalue weighted by molar-refractivity contribution is 7.90. The Morgan fingerprint density at radius 2 is 1.74 bits per heavy atom. The lowest BCUT2D eigenvalue weighted by Gasteiger charge is -2.13. The smallest absolute Gasteiger partial charge is 0.159 e. The van der Waals surface area contributed by atoms with Crippen LogP contribution in [0.3, 0.4) is 0 Å². The van der Waals surface area contributed by atoms with Crippen LogP contribution in [0.25, 0.3) is 0 Å². The number of para-hydroxylation sites is 1. The highest BCUT2D eigenvalue weighted by atomic mass is 32.2. The minimum Gasteiger partial charge on any atom is -0.491 e. The molecule has 1 unspecified atom stereocenters. The lowest BCUT2D eigenvalue weighted by atomic mass is 10.2. The summed E-state index contributed by atoms with van der Waals surface area (Å²) in [6.45, 7) is -0.180. The SMILES string of the molecule is O=S(=O)(Cc1ccc(F)c(F)c1)CC(O)COc1ccccc1. The third-order valence-corrected chi connectivity index (χ3v) is 4.67. The first kappa shape index (κ1) is 17.4. The van der Waals surface area contributed by atoms with Gasteiger partial charge in [0.25, 0.3) is 0 Å². The van der Waals surface area contributed by atoms with E-state index in [1.807, 2.05) is 0 Å². The maximum absolute atomic E-state index is 13.1. The van der Waals surface area contributed by atoms with Crippen LogP contribution in [0.5, 0.6) is 5.75 Å². The maximum Gasteiger partial charge on any atom is 0.159 e. The zero-order valence-corrected chi connectivity index (χ0v) is 13.0. The van der Waals surface area contributed by atoms with Crippen LogP contribution in [-0.2, 0) is 15.6 Å². The second-order valence-corrected chi connectivity index (χ2v) is 7.19. The van der Waals surface area contributed by atoms with Crippen molar-refractivity contribution < 1.29 is 27.0 Å². The number of hydrogen-bond donors (Lipinski definition) is 1. The van der Waals surface area contributed by atoms with Gasteiger partial charge in [0, 0.05) is 0 Å². The molecule has 23 heavy (non-hydrogen) atoms. The standard InChI is InChI=1S/C16H16F2O4S/c17-15-7-6-12(8-16(15)18)10-23(20,21)11-13(19)9-22-14-4-2-1-3-5-14/h1-8,13,19H,9-11H2. The molecule has 0 saturated carbocycles. The molecule has 0 aliphatic heterocycles. The molecule has 0 saturated heterocycles. The Kier molecular flexibility index (Phi) is 5.68. The fourth-order valence-corrected chi connectivity index (χ4v) is 3.48. The van der Waals surface area contributed by atoms with E-state index >= 15 is 0 Å². The van der Waals surface area contributed by atoms with Crippen molar-refractivity contribution in [2.24, 2.45) is 0 Å². The summed E-state index contributed by atoms with van der Waals surface area (Å²) in [5.41, 5.74) is 0.125. The van der Waals surface area contributed by atoms with Crippen molar-refractivity contribution in [1.82, 2.24) is 0 Å². The number of hydrogen-bond acceptors (Lipinski definition) is 4. The number of benzene rings is 2. The van der Waals surface area contributed by atoms with Gasteiger partial charge in [-0.3, -0.25) is 0 Å². The van der Waals surface area contributed by atoms with Crippen molar-refractivity contribution in [1.29, 1.82) is 0 Å². The second kappa shape index (κ2) is 7.52. The summed E-state index contributed by atoms with van der Waals surface area (Å²) in [6.07, 6.45) is -1.22. The van der Waals surface area contributed by atoms with E-state index in [4.69, 9.17) is 4.74 Å². The van der Waals surface area contributed by atoms with E-state index in [0.29, 0.717) is 5.75 Å². The number of rotatable bonds is 7. The van der Waals surface area contributed by atoms with Crippen LogP contribution in [0.1, 0.15) is 5.56 Å². The first-order chi connectivity index (χ1) is 10.9. The molecule has 4 nitrogen and oxygen atoms in total. The van der Waals surface area contributed by atoms with Crippen LogP contribution in [0.2, 0.25) is 0 Å². The van der Waals surface area contributed by atoms with E-state index < -0.39 is 39.1 Å². The summed E-state index contributed by atoms with van der Waals surface area (Å²) < 4.78 is 55.2. The molecule has 1 atom stereocenters. The van der Waals surface area contributed by atoms with E-state index in [1.165, 1.54) is 6.07 Å². The molecular weight excluding hydrogens is 326 g/mol. The zero-order valence-electron chi connectivity index (χ0n) is 12.2. The minimum absolute atomic E-state index is 0.125. The van der Waals surface area contributed by atoms with E-state index in [0.717, 1.165) is 12.1 Å². The second-order valence-electron chi connectivity index (χ2n) is 5.08. The third kappa shape index (κ3) is 5.61. The normalized spacial score (nSPS) is 12.8. The quantitative estimate of drug-likeness (QED) is 0.839. The molecule has 0 amide bonds. The predicted octanol–water partition coefficient (Wildman–Crippen LogP) is 2.32. The lowest BCUT2D eigenvalue weighted by molar-refractivity contribution is 0.125. The van der Waals surface area contributed by atoms with Crippen molar-refractivity contribution in [3.05, 3.63) is 65.7 Å². The van der Waals surface area contributed by atoms with Crippen LogP contribution < -0.4 is 4.74 Å². The average Bonchev–Trinajstić information content (AvgIpc) is 2.49. The Bertz CT molecular complexity index is 748. The molecule has 0 spiro atoms. The molecule has 0 aliphatic rings. The number of ether oxygens (including phenoxy) is 1. The largest absolute Gasteiger partial charge is 0.491 e. The van der Waals surface area contributed by atoms with Crippen molar-refractivity contribution in [2.45, 2.75) is 11.9 Å². The molecular formula is C16H16F2O4S. The number of aliphatic hydroxyl groups excluding tert-OH is 1. The van der Waals surface area contributed by atoms with Gasteiger partial charge in [0.1, 0.15) is 18.5 Å². The Hall–Kier alpha value is -1.99. The maximum atomic E-state index is 13.1. The van der Waals surface area contributed by atoms with E-state index in [2.05, 4.69) is 0 Å². The van der Waals surface area contributed by atoms with Gasteiger partial charge < -0.3 is 9.84 Å². The van der Waals surface area contributed by atoms with Gasteiger partial charge >= 0.3 is 0 Å². The predicted molar refractivity (Wildman–Crippen MR) is 81.8 cm³/mol. The molecule has 0 heterocycles. The summed E-state index contributed by atoms with van der Waals surface area (Å²) in [5, 5.41) is 9.78. The van der Waals surface area contributed by atoms with Gasteiger partial charge in [-0.05, 0) is 29.8 Å². The molecule has 124 valence electrons. The van der Waals surface area contributed by atoms with Gasteiger partial charge in [0.15, 0.2) is 21.5 Å². The van der Waals surface area contributed by atoms with Crippen LogP contribution in [0.4, 0.5) is 8.78 Å². The summed E-state index contributed by atoms with van der Waals surface area (Å²) in [7, 11) is -3.69. The van der Waals surface area contributed by atoms with Crippen LogP contribution >= 0.6 is 0 Å². The van der Waals surface area contributed by atoms with Crippen LogP contribution in [0, 0.1) is 11.6 Å². The lowest BCUT2D eigenvalue weighted by Crippen LogP contribution is -2.27. The Morgan fingerprint density at radius 1 is 1.04 bits per heavy atom. The van der Waals surface area contributed by atoms with E-state index in [1.54, 1.807) is 30.3 Å². The fourth-order valence-electron chi connectivity index (χ4n) is 1.99. The van der Waals surface area contributed by atoms with Gasteiger partial charge in [-0.25, -0.2) is 17.2 Å². The Labute approximate surface area is 133 Å². The van der Waals surface area contributed by atoms with E-state index in [-0.39, 0.29) is 12.2 Å². The first-order valence-electron chi connectivity index (χ1n) is 6.86. The molecule has 0 aromatic heterocycles. The van der Waals surface area contributed by atoms with Crippen LogP contribution in [-0.4, -0.2) is 32.0 Å². The first-order valence-corrected chi connectivity index (χ1v) is 8.68. The van der Waals surface area contributed by atoms with Crippen molar-refractivity contribution >= 4 is 9.84 Å². The molecule has 1 N–H and O–H groups in total. The van der Waals surface area contributed by atoms with Gasteiger partial charge in [-0.2, -0.15) is 0 Å². The molecule has 0 radical (unpaired) electrons. The van der Waals surface area contributed by atoms with Gasteiger partial charge in [0.05, 0.1) is 11.5 Å².